The van der Waals surface area contributed by atoms with Crippen molar-refractivity contribution < 1.29 is 22.5 Å². The lowest BCUT2D eigenvalue weighted by Crippen LogP contribution is -2.48. The van der Waals surface area contributed by atoms with Crippen LogP contribution in [0.2, 0.25) is 0 Å². The van der Waals surface area contributed by atoms with Gasteiger partial charge in [0.05, 0.1) is 12.0 Å². The number of para-hydroxylation sites is 1. The summed E-state index contributed by atoms with van der Waals surface area (Å²) < 4.78 is 45.7. The van der Waals surface area contributed by atoms with Crippen LogP contribution in [0.3, 0.4) is 0 Å². The number of nitrogens with zero attached hydrogens (tertiary/aromatic N) is 3. The van der Waals surface area contributed by atoms with Gasteiger partial charge in [-0.2, -0.15) is 4.31 Å². The van der Waals surface area contributed by atoms with Gasteiger partial charge in [0.2, 0.25) is 10.0 Å². The number of nitro groups is 1. The second-order valence-corrected chi connectivity index (χ2v) is 8.27. The van der Waals surface area contributed by atoms with Gasteiger partial charge in [-0.15, -0.1) is 0 Å². The number of sulfonamides is 1. The maximum absolute atomic E-state index is 13.5. The molecule has 0 unspecified atom stereocenters. The second-order valence-electron chi connectivity index (χ2n) is 6.36. The second kappa shape index (κ2) is 8.21. The van der Waals surface area contributed by atoms with Crippen LogP contribution in [-0.4, -0.2) is 55.8 Å². The average Bonchev–Trinajstić information content (AvgIpc) is 2.68. The van der Waals surface area contributed by atoms with Crippen molar-refractivity contribution in [3.05, 3.63) is 64.0 Å². The van der Waals surface area contributed by atoms with Crippen LogP contribution in [0.15, 0.2) is 47.4 Å². The van der Waals surface area contributed by atoms with Crippen LogP contribution in [0.4, 0.5) is 10.1 Å². The third kappa shape index (κ3) is 4.13. The van der Waals surface area contributed by atoms with Gasteiger partial charge >= 0.3 is 0 Å². The summed E-state index contributed by atoms with van der Waals surface area (Å²) in [6.07, 6.45) is 0. The molecule has 28 heavy (non-hydrogen) atoms. The van der Waals surface area contributed by atoms with Gasteiger partial charge in [0, 0.05) is 44.4 Å². The van der Waals surface area contributed by atoms with Crippen LogP contribution >= 0.6 is 0 Å². The first-order chi connectivity index (χ1) is 13.3. The van der Waals surface area contributed by atoms with Crippen molar-refractivity contribution in [3.8, 4) is 5.75 Å². The van der Waals surface area contributed by atoms with E-state index in [0.29, 0.717) is 30.9 Å². The molecular formula is C18H20FN3O5S. The van der Waals surface area contributed by atoms with E-state index in [1.807, 2.05) is 4.90 Å². The Morgan fingerprint density at radius 2 is 1.82 bits per heavy atom. The lowest BCUT2D eigenvalue weighted by atomic mass is 10.1. The molecule has 2 aromatic rings. The first-order valence-electron chi connectivity index (χ1n) is 8.61. The molecule has 2 aromatic carbocycles. The molecule has 1 aliphatic heterocycles. The van der Waals surface area contributed by atoms with Crippen molar-refractivity contribution in [3.63, 3.8) is 0 Å². The van der Waals surface area contributed by atoms with Gasteiger partial charge in [-0.1, -0.05) is 12.1 Å². The Bertz CT molecular complexity index is 975. The standard InChI is InChI=1S/C18H20FN3O5S/c1-27-17-7-6-15(19)12-14(17)13-20-8-10-21(11-9-20)28(25,26)18-5-3-2-4-16(18)22(23)24/h2-7,12H,8-11,13H2,1H3. The summed E-state index contributed by atoms with van der Waals surface area (Å²) in [4.78, 5) is 12.2. The fraction of sp³-hybridized carbons (Fsp3) is 0.333. The summed E-state index contributed by atoms with van der Waals surface area (Å²) in [6.45, 7) is 1.62. The van der Waals surface area contributed by atoms with Crippen LogP contribution in [-0.2, 0) is 16.6 Å². The summed E-state index contributed by atoms with van der Waals surface area (Å²) in [5.74, 6) is 0.199. The topological polar surface area (TPSA) is 93.0 Å². The molecule has 150 valence electrons. The van der Waals surface area contributed by atoms with Crippen molar-refractivity contribution in [2.75, 3.05) is 33.3 Å². The average molecular weight is 409 g/mol. The van der Waals surface area contributed by atoms with Crippen LogP contribution in [0.1, 0.15) is 5.56 Å². The molecule has 8 nitrogen and oxygen atoms in total. The first-order valence-corrected chi connectivity index (χ1v) is 10.1. The van der Waals surface area contributed by atoms with E-state index in [9.17, 15) is 22.9 Å². The van der Waals surface area contributed by atoms with Crippen LogP contribution in [0.25, 0.3) is 0 Å². The summed E-state index contributed by atoms with van der Waals surface area (Å²) in [7, 11) is -2.47. The Morgan fingerprint density at radius 1 is 1.14 bits per heavy atom. The summed E-state index contributed by atoms with van der Waals surface area (Å²) >= 11 is 0. The molecule has 3 rings (SSSR count). The molecule has 0 aliphatic carbocycles. The SMILES string of the molecule is COc1ccc(F)cc1CN1CCN(S(=O)(=O)c2ccccc2[N+](=O)[O-])CC1. The van der Waals surface area contributed by atoms with Gasteiger partial charge in [-0.05, 0) is 24.3 Å². The molecule has 0 aromatic heterocycles. The molecule has 0 amide bonds. The predicted molar refractivity (Wildman–Crippen MR) is 100 cm³/mol. The maximum Gasteiger partial charge on any atom is 0.289 e. The third-order valence-corrected chi connectivity index (χ3v) is 6.59. The monoisotopic (exact) mass is 409 g/mol. The zero-order valence-electron chi connectivity index (χ0n) is 15.2. The van der Waals surface area contributed by atoms with E-state index in [1.54, 1.807) is 6.07 Å². The summed E-state index contributed by atoms with van der Waals surface area (Å²) in [5.41, 5.74) is 0.243. The van der Waals surface area contributed by atoms with Gasteiger partial charge in [-0.25, -0.2) is 12.8 Å². The molecule has 0 atom stereocenters. The number of ether oxygens (including phenoxy) is 1. The smallest absolute Gasteiger partial charge is 0.289 e. The van der Waals surface area contributed by atoms with E-state index in [4.69, 9.17) is 4.74 Å². The van der Waals surface area contributed by atoms with Gasteiger partial charge in [0.25, 0.3) is 5.69 Å². The molecule has 10 heteroatoms. The minimum atomic E-state index is -3.97. The zero-order valence-corrected chi connectivity index (χ0v) is 16.1. The van der Waals surface area contributed by atoms with Gasteiger partial charge in [0.15, 0.2) is 4.90 Å². The number of hydrogen-bond acceptors (Lipinski definition) is 6. The molecule has 1 aliphatic rings. The molecule has 0 radical (unpaired) electrons. The largest absolute Gasteiger partial charge is 0.496 e. The quantitative estimate of drug-likeness (QED) is 0.537. The van der Waals surface area contributed by atoms with E-state index in [0.717, 1.165) is 0 Å². The molecule has 0 spiro atoms. The number of nitro benzene ring substituents is 1. The first kappa shape index (κ1) is 20.2. The normalized spacial score (nSPS) is 16.1. The van der Waals surface area contributed by atoms with Crippen molar-refractivity contribution in [2.24, 2.45) is 0 Å². The van der Waals surface area contributed by atoms with Crippen molar-refractivity contribution in [1.29, 1.82) is 0 Å². The fourth-order valence-electron chi connectivity index (χ4n) is 3.20. The molecule has 1 fully saturated rings. The Balaban J connectivity index is 1.72. The van der Waals surface area contributed by atoms with Gasteiger partial charge in [-0.3, -0.25) is 15.0 Å². The highest BCUT2D eigenvalue weighted by atomic mass is 32.2. The number of rotatable bonds is 6. The van der Waals surface area contributed by atoms with E-state index < -0.39 is 20.6 Å². The Kier molecular flexibility index (Phi) is 5.92. The van der Waals surface area contributed by atoms with Crippen LogP contribution < -0.4 is 4.74 Å². The number of piperazine rings is 1. The lowest BCUT2D eigenvalue weighted by Gasteiger charge is -2.34. The predicted octanol–water partition coefficient (Wildman–Crippen LogP) is 2.25. The number of methoxy groups -OCH3 is 1. The molecule has 0 bridgehead atoms. The summed E-state index contributed by atoms with van der Waals surface area (Å²) in [5, 5.41) is 11.2. The molecule has 1 heterocycles. The van der Waals surface area contributed by atoms with Crippen molar-refractivity contribution >= 4 is 15.7 Å². The summed E-state index contributed by atoms with van der Waals surface area (Å²) in [6, 6.07) is 9.60. The lowest BCUT2D eigenvalue weighted by molar-refractivity contribution is -0.387. The third-order valence-electron chi connectivity index (χ3n) is 4.65. The Hall–Kier alpha value is -2.56. The molecular weight excluding hydrogens is 389 g/mol. The zero-order chi connectivity index (χ0) is 20.3. The van der Waals surface area contributed by atoms with Crippen molar-refractivity contribution in [2.45, 2.75) is 11.4 Å². The van der Waals surface area contributed by atoms with E-state index >= 15 is 0 Å². The van der Waals surface area contributed by atoms with E-state index in [2.05, 4.69) is 0 Å². The molecule has 0 N–H and O–H groups in total. The van der Waals surface area contributed by atoms with E-state index in [-0.39, 0.29) is 23.8 Å². The highest BCUT2D eigenvalue weighted by Gasteiger charge is 2.33. The van der Waals surface area contributed by atoms with Crippen LogP contribution in [0.5, 0.6) is 5.75 Å². The van der Waals surface area contributed by atoms with Crippen molar-refractivity contribution in [1.82, 2.24) is 9.21 Å². The van der Waals surface area contributed by atoms with E-state index in [1.165, 1.54) is 47.8 Å². The maximum atomic E-state index is 13.5. The van der Waals surface area contributed by atoms with Crippen LogP contribution in [0, 0.1) is 15.9 Å². The fourth-order valence-corrected chi connectivity index (χ4v) is 4.78. The minimum absolute atomic E-state index is 0.187. The number of hydrogen-bond donors (Lipinski definition) is 0. The Morgan fingerprint density at radius 3 is 2.46 bits per heavy atom. The highest BCUT2D eigenvalue weighted by molar-refractivity contribution is 7.89. The number of benzene rings is 2. The minimum Gasteiger partial charge on any atom is -0.496 e. The Labute approximate surface area is 162 Å². The molecule has 0 saturated carbocycles. The van der Waals surface area contributed by atoms with Gasteiger partial charge < -0.3 is 4.74 Å². The van der Waals surface area contributed by atoms with Gasteiger partial charge in [0.1, 0.15) is 11.6 Å². The molecule has 1 saturated heterocycles. The highest BCUT2D eigenvalue weighted by Crippen LogP contribution is 2.27. The number of halogens is 1.